The van der Waals surface area contributed by atoms with Gasteiger partial charge in [0.2, 0.25) is 0 Å². The summed E-state index contributed by atoms with van der Waals surface area (Å²) in [5.74, 6) is 2.14. The molecule has 0 saturated carbocycles. The smallest absolute Gasteiger partial charge is 0.166 e. The Morgan fingerprint density at radius 3 is 2.61 bits per heavy atom. The van der Waals surface area contributed by atoms with Crippen LogP contribution in [-0.2, 0) is 6.54 Å². The third-order valence-corrected chi connectivity index (χ3v) is 4.42. The number of hydrogen-bond donors (Lipinski definition) is 1. The Bertz CT molecular complexity index is 965. The van der Waals surface area contributed by atoms with Gasteiger partial charge in [0.1, 0.15) is 19.0 Å². The van der Waals surface area contributed by atoms with Gasteiger partial charge in [-0.3, -0.25) is 0 Å². The van der Waals surface area contributed by atoms with Crippen molar-refractivity contribution in [3.63, 3.8) is 0 Å². The van der Waals surface area contributed by atoms with Gasteiger partial charge in [-0.25, -0.2) is 0 Å². The molecule has 0 spiro atoms. The van der Waals surface area contributed by atoms with Crippen molar-refractivity contribution in [1.29, 1.82) is 5.26 Å². The Morgan fingerprint density at radius 1 is 1.00 bits per heavy atom. The molecule has 0 unspecified atom stereocenters. The highest BCUT2D eigenvalue weighted by Gasteiger charge is 2.22. The Labute approximate surface area is 164 Å². The molecule has 0 aromatic heterocycles. The van der Waals surface area contributed by atoms with Crippen LogP contribution in [0.2, 0.25) is 0 Å². The maximum absolute atomic E-state index is 8.83. The van der Waals surface area contributed by atoms with Gasteiger partial charge in [-0.15, -0.1) is 0 Å². The van der Waals surface area contributed by atoms with Crippen molar-refractivity contribution >= 4 is 5.69 Å². The first-order valence-electron chi connectivity index (χ1n) is 9.14. The molecule has 1 aliphatic rings. The summed E-state index contributed by atoms with van der Waals surface area (Å²) in [5.41, 5.74) is 2.81. The number of ether oxygens (including phenoxy) is 3. The lowest BCUT2D eigenvalue weighted by Gasteiger charge is -2.27. The molecule has 5 heteroatoms. The lowest BCUT2D eigenvalue weighted by Crippen LogP contribution is -2.34. The van der Waals surface area contributed by atoms with Gasteiger partial charge >= 0.3 is 0 Å². The second-order valence-corrected chi connectivity index (χ2v) is 6.50. The Hall–Kier alpha value is -3.65. The fourth-order valence-electron chi connectivity index (χ4n) is 2.92. The summed E-state index contributed by atoms with van der Waals surface area (Å²) in [4.78, 5) is 0. The average Bonchev–Trinajstić information content (AvgIpc) is 2.77. The number of nitrogens with zero attached hydrogens (tertiary/aromatic N) is 1. The Morgan fingerprint density at radius 2 is 1.82 bits per heavy atom. The van der Waals surface area contributed by atoms with E-state index < -0.39 is 0 Å². The minimum atomic E-state index is -0.189. The largest absolute Gasteiger partial charge is 0.490 e. The summed E-state index contributed by atoms with van der Waals surface area (Å²) in [7, 11) is 0. The van der Waals surface area contributed by atoms with E-state index in [9.17, 15) is 0 Å². The number of benzene rings is 3. The summed E-state index contributed by atoms with van der Waals surface area (Å²) in [6.07, 6.45) is -0.189. The van der Waals surface area contributed by atoms with E-state index in [1.807, 2.05) is 36.4 Å². The van der Waals surface area contributed by atoms with E-state index >= 15 is 0 Å². The molecular formula is C23H20N2O3. The molecule has 5 nitrogen and oxygen atoms in total. The third-order valence-electron chi connectivity index (χ3n) is 4.42. The molecule has 1 heterocycles. The van der Waals surface area contributed by atoms with Gasteiger partial charge in [-0.1, -0.05) is 30.3 Å². The van der Waals surface area contributed by atoms with Crippen molar-refractivity contribution in [3.05, 3.63) is 83.9 Å². The Balaban J connectivity index is 1.32. The highest BCUT2D eigenvalue weighted by molar-refractivity contribution is 5.55. The minimum absolute atomic E-state index is 0.189. The quantitative estimate of drug-likeness (QED) is 0.695. The number of anilines is 1. The van der Waals surface area contributed by atoms with Gasteiger partial charge in [-0.05, 0) is 42.0 Å². The molecule has 140 valence electrons. The van der Waals surface area contributed by atoms with E-state index in [0.717, 1.165) is 18.0 Å². The van der Waals surface area contributed by atoms with E-state index in [-0.39, 0.29) is 6.10 Å². The SMILES string of the molecule is N#Cc1ccc(OC[C@@H]2COc3cc(NCc4ccccc4)ccc3O2)cc1. The molecule has 3 aromatic carbocycles. The van der Waals surface area contributed by atoms with Crippen molar-refractivity contribution in [3.8, 4) is 23.3 Å². The number of hydrogen-bond acceptors (Lipinski definition) is 5. The van der Waals surface area contributed by atoms with Crippen LogP contribution in [0, 0.1) is 11.3 Å². The lowest BCUT2D eigenvalue weighted by molar-refractivity contribution is 0.0536. The zero-order valence-corrected chi connectivity index (χ0v) is 15.3. The van der Waals surface area contributed by atoms with Crippen LogP contribution in [-0.4, -0.2) is 19.3 Å². The highest BCUT2D eigenvalue weighted by Crippen LogP contribution is 2.34. The summed E-state index contributed by atoms with van der Waals surface area (Å²) < 4.78 is 17.6. The zero-order chi connectivity index (χ0) is 19.2. The van der Waals surface area contributed by atoms with Gasteiger partial charge < -0.3 is 19.5 Å². The van der Waals surface area contributed by atoms with E-state index in [1.54, 1.807) is 24.3 Å². The average molecular weight is 372 g/mol. The lowest BCUT2D eigenvalue weighted by atomic mass is 10.2. The van der Waals surface area contributed by atoms with E-state index in [4.69, 9.17) is 19.5 Å². The fraction of sp³-hybridized carbons (Fsp3) is 0.174. The van der Waals surface area contributed by atoms with Crippen LogP contribution in [0.15, 0.2) is 72.8 Å². The predicted molar refractivity (Wildman–Crippen MR) is 107 cm³/mol. The second-order valence-electron chi connectivity index (χ2n) is 6.50. The van der Waals surface area contributed by atoms with Crippen LogP contribution in [0.1, 0.15) is 11.1 Å². The molecule has 1 N–H and O–H groups in total. The van der Waals surface area contributed by atoms with Crippen LogP contribution >= 0.6 is 0 Å². The van der Waals surface area contributed by atoms with E-state index in [2.05, 4.69) is 23.5 Å². The van der Waals surface area contributed by atoms with Gasteiger partial charge in [-0.2, -0.15) is 5.26 Å². The van der Waals surface area contributed by atoms with Crippen LogP contribution in [0.4, 0.5) is 5.69 Å². The van der Waals surface area contributed by atoms with Crippen molar-refractivity contribution in [2.75, 3.05) is 18.5 Å². The molecule has 0 fully saturated rings. The Kier molecular flexibility index (Phi) is 5.30. The first kappa shape index (κ1) is 17.7. The summed E-state index contributed by atoms with van der Waals surface area (Å²) in [5, 5.41) is 12.2. The van der Waals surface area contributed by atoms with Crippen LogP contribution in [0.5, 0.6) is 17.2 Å². The molecule has 0 saturated heterocycles. The first-order valence-corrected chi connectivity index (χ1v) is 9.14. The van der Waals surface area contributed by atoms with Crippen molar-refractivity contribution in [2.45, 2.75) is 12.6 Å². The molecule has 0 radical (unpaired) electrons. The summed E-state index contributed by atoms with van der Waals surface area (Å²) in [6, 6.07) is 25.2. The molecule has 3 aromatic rings. The monoisotopic (exact) mass is 372 g/mol. The maximum Gasteiger partial charge on any atom is 0.166 e. The molecule has 1 aliphatic heterocycles. The molecule has 0 bridgehead atoms. The standard InChI is InChI=1S/C23H20N2O3/c24-13-17-6-9-20(10-7-17)26-15-21-16-27-23-12-19(8-11-22(23)28-21)25-14-18-4-2-1-3-5-18/h1-12,21,25H,14-16H2/t21-/m1/s1. The number of rotatable bonds is 6. The maximum atomic E-state index is 8.83. The topological polar surface area (TPSA) is 63.5 Å². The fourth-order valence-corrected chi connectivity index (χ4v) is 2.92. The van der Waals surface area contributed by atoms with Crippen LogP contribution in [0.3, 0.4) is 0 Å². The van der Waals surface area contributed by atoms with Gasteiger partial charge in [0.25, 0.3) is 0 Å². The highest BCUT2D eigenvalue weighted by atomic mass is 16.6. The molecule has 1 atom stereocenters. The molecule has 28 heavy (non-hydrogen) atoms. The second kappa shape index (κ2) is 8.36. The molecule has 4 rings (SSSR count). The summed E-state index contributed by atoms with van der Waals surface area (Å²) in [6.45, 7) is 1.55. The normalized spacial score (nSPS) is 14.8. The zero-order valence-electron chi connectivity index (χ0n) is 15.3. The molecule has 0 amide bonds. The number of nitrogens with one attached hydrogen (secondary N) is 1. The van der Waals surface area contributed by atoms with Crippen molar-refractivity contribution in [1.82, 2.24) is 0 Å². The molecular weight excluding hydrogens is 352 g/mol. The van der Waals surface area contributed by atoms with Gasteiger partial charge in [0.15, 0.2) is 17.6 Å². The summed E-state index contributed by atoms with van der Waals surface area (Å²) >= 11 is 0. The van der Waals surface area contributed by atoms with Gasteiger partial charge in [0.05, 0.1) is 11.6 Å². The van der Waals surface area contributed by atoms with E-state index in [0.29, 0.717) is 30.3 Å². The van der Waals surface area contributed by atoms with Crippen molar-refractivity contribution in [2.24, 2.45) is 0 Å². The van der Waals surface area contributed by atoms with Gasteiger partial charge in [0, 0.05) is 18.3 Å². The van der Waals surface area contributed by atoms with Crippen LogP contribution in [0.25, 0.3) is 0 Å². The van der Waals surface area contributed by atoms with Crippen molar-refractivity contribution < 1.29 is 14.2 Å². The third kappa shape index (κ3) is 4.36. The predicted octanol–water partition coefficient (Wildman–Crippen LogP) is 4.39. The van der Waals surface area contributed by atoms with Crippen LogP contribution < -0.4 is 19.5 Å². The van der Waals surface area contributed by atoms with E-state index in [1.165, 1.54) is 5.56 Å². The number of nitriles is 1. The first-order chi connectivity index (χ1) is 13.8. The molecule has 0 aliphatic carbocycles. The number of fused-ring (bicyclic) bond motifs is 1. The minimum Gasteiger partial charge on any atom is -0.490 e.